The molecule has 4 aromatic carbocycles. The molecule has 0 aliphatic carbocycles. The predicted octanol–water partition coefficient (Wildman–Crippen LogP) is 7.44. The maximum atomic E-state index is 11.5. The summed E-state index contributed by atoms with van der Waals surface area (Å²) in [7, 11) is 0. The van der Waals surface area contributed by atoms with Crippen molar-refractivity contribution < 1.29 is 44.3 Å². The Morgan fingerprint density at radius 2 is 0.964 bits per heavy atom. The highest BCUT2D eigenvalue weighted by Gasteiger charge is 2.18. The molecule has 19 heteroatoms. The Morgan fingerprint density at radius 3 is 1.32 bits per heavy atom. The molecule has 0 unspecified atom stereocenters. The Balaban J connectivity index is 1.22. The van der Waals surface area contributed by atoms with Gasteiger partial charge in [0.15, 0.2) is 0 Å². The van der Waals surface area contributed by atoms with Crippen LogP contribution >= 0.6 is 0 Å². The van der Waals surface area contributed by atoms with Gasteiger partial charge in [-0.15, -0.1) is 0 Å². The lowest BCUT2D eigenvalue weighted by atomic mass is 10.1. The van der Waals surface area contributed by atoms with E-state index in [9.17, 15) is 39.6 Å². The van der Waals surface area contributed by atoms with E-state index < -0.39 is 23.9 Å². The molecule has 56 heavy (non-hydrogen) atoms. The Bertz CT molecular complexity index is 2210. The number of morpholine rings is 1. The molecule has 0 atom stereocenters. The number of aromatic nitrogens is 3. The van der Waals surface area contributed by atoms with Crippen LogP contribution < -0.4 is 15.5 Å². The summed E-state index contributed by atoms with van der Waals surface area (Å²) < 4.78 is 5.50. The van der Waals surface area contributed by atoms with Crippen LogP contribution in [0, 0.1) is 13.8 Å². The van der Waals surface area contributed by atoms with Crippen molar-refractivity contribution in [1.29, 1.82) is 0 Å². The largest absolute Gasteiger partial charge is 0.478 e. The van der Waals surface area contributed by atoms with Crippen molar-refractivity contribution >= 4 is 75.8 Å². The third-order valence-electron chi connectivity index (χ3n) is 8.19. The Hall–Kier alpha value is -7.67. The molecule has 0 saturated carbocycles. The van der Waals surface area contributed by atoms with Crippen LogP contribution in [0.2, 0.25) is 0 Å². The number of anilines is 5. The molecule has 1 aliphatic heterocycles. The first-order chi connectivity index (χ1) is 26.8. The molecule has 1 fully saturated rings. The second-order valence-corrected chi connectivity index (χ2v) is 12.3. The van der Waals surface area contributed by atoms with Crippen molar-refractivity contribution in [2.75, 3.05) is 41.8 Å². The number of nitrogens with one attached hydrogen (secondary N) is 2. The SMILES string of the molecule is Cc1cc(Nc2nc(Nc3ccc(N=Nc4cc(C(=O)O)cc(C(=O)O)c4)c(C)c3)nc(N3CCOCC3)n2)ccc1N=Nc1cc(C(=O)O)cc(C(=O)O)c1. The number of carboxylic acids is 4. The summed E-state index contributed by atoms with van der Waals surface area (Å²) >= 11 is 0. The number of rotatable bonds is 13. The first kappa shape index (κ1) is 38.1. The molecule has 0 spiro atoms. The fourth-order valence-electron chi connectivity index (χ4n) is 5.39. The second-order valence-electron chi connectivity index (χ2n) is 12.3. The van der Waals surface area contributed by atoms with Gasteiger partial charge in [-0.05, 0) is 97.8 Å². The molecule has 1 aliphatic rings. The van der Waals surface area contributed by atoms with E-state index in [-0.39, 0.29) is 45.5 Å². The maximum absolute atomic E-state index is 11.5. The number of carbonyl (C=O) groups is 4. The van der Waals surface area contributed by atoms with Gasteiger partial charge in [0.2, 0.25) is 17.8 Å². The Labute approximate surface area is 317 Å². The Morgan fingerprint density at radius 1 is 0.571 bits per heavy atom. The summed E-state index contributed by atoms with van der Waals surface area (Å²) in [6.45, 7) is 5.71. The zero-order chi connectivity index (χ0) is 39.9. The summed E-state index contributed by atoms with van der Waals surface area (Å²) in [5.41, 5.74) is 2.74. The molecule has 284 valence electrons. The fourth-order valence-corrected chi connectivity index (χ4v) is 5.39. The molecule has 5 aromatic rings. The fraction of sp³-hybridized carbons (Fsp3) is 0.162. The molecule has 6 N–H and O–H groups in total. The first-order valence-corrected chi connectivity index (χ1v) is 16.7. The molecular weight excluding hydrogens is 728 g/mol. The van der Waals surface area contributed by atoms with Crippen LogP contribution in [-0.2, 0) is 4.74 Å². The van der Waals surface area contributed by atoms with Crippen LogP contribution in [0.1, 0.15) is 52.6 Å². The van der Waals surface area contributed by atoms with Gasteiger partial charge in [0.1, 0.15) is 0 Å². The maximum Gasteiger partial charge on any atom is 0.335 e. The first-order valence-electron chi connectivity index (χ1n) is 16.7. The normalized spacial score (nSPS) is 12.9. The number of carboxylic acid groups (broad SMARTS) is 4. The minimum absolute atomic E-state index is 0.0679. The van der Waals surface area contributed by atoms with Gasteiger partial charge in [-0.25, -0.2) is 19.2 Å². The van der Waals surface area contributed by atoms with E-state index in [1.165, 1.54) is 24.3 Å². The van der Waals surface area contributed by atoms with Crippen molar-refractivity contribution in [2.45, 2.75) is 13.8 Å². The molecule has 1 saturated heterocycles. The van der Waals surface area contributed by atoms with Crippen molar-refractivity contribution in [2.24, 2.45) is 20.5 Å². The minimum atomic E-state index is -1.29. The van der Waals surface area contributed by atoms with E-state index in [2.05, 4.69) is 46.0 Å². The molecular formula is C37H32N10O9. The molecule has 1 aromatic heterocycles. The van der Waals surface area contributed by atoms with Crippen molar-refractivity contribution in [3.63, 3.8) is 0 Å². The van der Waals surface area contributed by atoms with Crippen LogP contribution in [0.3, 0.4) is 0 Å². The van der Waals surface area contributed by atoms with E-state index in [4.69, 9.17) is 4.74 Å². The average Bonchev–Trinajstić information content (AvgIpc) is 3.17. The zero-order valence-corrected chi connectivity index (χ0v) is 29.7. The highest BCUT2D eigenvalue weighted by atomic mass is 16.5. The minimum Gasteiger partial charge on any atom is -0.478 e. The number of azo groups is 2. The van der Waals surface area contributed by atoms with Crippen LogP contribution in [0.4, 0.5) is 52.0 Å². The number of hydrogen-bond donors (Lipinski definition) is 6. The quantitative estimate of drug-likeness (QED) is 0.0636. The van der Waals surface area contributed by atoms with Crippen molar-refractivity contribution in [3.8, 4) is 0 Å². The second kappa shape index (κ2) is 16.6. The van der Waals surface area contributed by atoms with Crippen molar-refractivity contribution in [1.82, 2.24) is 15.0 Å². The number of aromatic carboxylic acids is 4. The van der Waals surface area contributed by atoms with Gasteiger partial charge in [0, 0.05) is 24.5 Å². The van der Waals surface area contributed by atoms with Gasteiger partial charge < -0.3 is 40.7 Å². The standard InChI is InChI=1S/C37H32N10O9/c1-19-11-25(3-5-29(19)45-43-27-15-21(31(48)49)13-22(16-27)32(50)51)38-35-40-36(42-37(41-35)47-7-9-56-10-8-47)39-26-4-6-30(20(2)12-26)46-44-28-17-23(33(52)53)14-24(18-28)34(54)55/h3-6,11-18H,7-10H2,1-2H3,(H,48,49)(H,50,51)(H,52,53)(H,54,55)(H2,38,39,40,41,42). The molecule has 2 heterocycles. The Kier molecular flexibility index (Phi) is 11.3. The number of benzene rings is 4. The van der Waals surface area contributed by atoms with E-state index in [1.807, 2.05) is 4.90 Å². The average molecular weight is 761 g/mol. The number of hydrogen-bond acceptors (Lipinski definition) is 15. The van der Waals surface area contributed by atoms with Gasteiger partial charge in [0.05, 0.1) is 58.2 Å². The van der Waals surface area contributed by atoms with E-state index in [1.54, 1.807) is 50.2 Å². The van der Waals surface area contributed by atoms with Gasteiger partial charge >= 0.3 is 23.9 Å². The summed E-state index contributed by atoms with van der Waals surface area (Å²) in [6, 6.07) is 17.4. The zero-order valence-electron chi connectivity index (χ0n) is 29.7. The molecule has 19 nitrogen and oxygen atoms in total. The van der Waals surface area contributed by atoms with Crippen LogP contribution in [-0.4, -0.2) is 85.6 Å². The number of nitrogens with zero attached hydrogens (tertiary/aromatic N) is 8. The van der Waals surface area contributed by atoms with Crippen LogP contribution in [0.5, 0.6) is 0 Å². The van der Waals surface area contributed by atoms with Gasteiger partial charge in [-0.3, -0.25) is 0 Å². The molecule has 0 bridgehead atoms. The highest BCUT2D eigenvalue weighted by Crippen LogP contribution is 2.30. The molecule has 0 radical (unpaired) electrons. The lowest BCUT2D eigenvalue weighted by molar-refractivity contribution is 0.0676. The van der Waals surface area contributed by atoms with Gasteiger partial charge in [-0.1, -0.05) is 0 Å². The van der Waals surface area contributed by atoms with E-state index in [0.717, 1.165) is 12.1 Å². The lowest BCUT2D eigenvalue weighted by Gasteiger charge is -2.27. The number of ether oxygens (including phenoxy) is 1. The smallest absolute Gasteiger partial charge is 0.335 e. The third-order valence-corrected chi connectivity index (χ3v) is 8.19. The number of aryl methyl sites for hydroxylation is 2. The van der Waals surface area contributed by atoms with E-state index >= 15 is 0 Å². The van der Waals surface area contributed by atoms with Crippen molar-refractivity contribution in [3.05, 3.63) is 106 Å². The van der Waals surface area contributed by atoms with Gasteiger partial charge in [0.25, 0.3) is 0 Å². The summed E-state index contributed by atoms with van der Waals surface area (Å²) in [4.78, 5) is 61.7. The van der Waals surface area contributed by atoms with E-state index in [0.29, 0.717) is 66.1 Å². The highest BCUT2D eigenvalue weighted by molar-refractivity contribution is 5.96. The van der Waals surface area contributed by atoms with Gasteiger partial charge in [-0.2, -0.15) is 35.4 Å². The summed E-state index contributed by atoms with van der Waals surface area (Å²) in [5, 5.41) is 60.4. The summed E-state index contributed by atoms with van der Waals surface area (Å²) in [6.07, 6.45) is 0. The molecule has 6 rings (SSSR count). The lowest BCUT2D eigenvalue weighted by Crippen LogP contribution is -2.37. The molecule has 0 amide bonds. The topological polar surface area (TPSA) is 274 Å². The summed E-state index contributed by atoms with van der Waals surface area (Å²) in [5.74, 6) is -4.29. The monoisotopic (exact) mass is 760 g/mol. The third kappa shape index (κ3) is 9.46. The van der Waals surface area contributed by atoms with Crippen LogP contribution in [0.25, 0.3) is 0 Å². The predicted molar refractivity (Wildman–Crippen MR) is 201 cm³/mol. The van der Waals surface area contributed by atoms with Crippen LogP contribution in [0.15, 0.2) is 93.3 Å².